The van der Waals surface area contributed by atoms with Crippen LogP contribution in [0.25, 0.3) is 0 Å². The highest BCUT2D eigenvalue weighted by Crippen LogP contribution is 2.32. The molecule has 1 amide bonds. The third-order valence-electron chi connectivity index (χ3n) is 5.70. The van der Waals surface area contributed by atoms with Crippen LogP contribution in [0.4, 0.5) is 15.1 Å². The number of rotatable bonds is 5. The summed E-state index contributed by atoms with van der Waals surface area (Å²) in [6, 6.07) is 6.11. The molecule has 1 saturated heterocycles. The van der Waals surface area contributed by atoms with E-state index in [1.807, 2.05) is 53.4 Å². The lowest BCUT2D eigenvalue weighted by Gasteiger charge is -2.36. The summed E-state index contributed by atoms with van der Waals surface area (Å²) >= 11 is -1.40. The summed E-state index contributed by atoms with van der Waals surface area (Å²) in [5, 5.41) is 0. The van der Waals surface area contributed by atoms with Crippen molar-refractivity contribution in [1.29, 1.82) is 0 Å². The molecule has 2 unspecified atom stereocenters. The van der Waals surface area contributed by atoms with E-state index >= 15 is 0 Å². The van der Waals surface area contributed by atoms with Crippen LogP contribution in [0.5, 0.6) is 0 Å². The van der Waals surface area contributed by atoms with Crippen molar-refractivity contribution >= 4 is 23.4 Å². The van der Waals surface area contributed by atoms with E-state index in [4.69, 9.17) is 4.74 Å². The molecule has 35 heavy (non-hydrogen) atoms. The fraction of sp³-hybridized carbons (Fsp3) is 0.560. The fourth-order valence-corrected chi connectivity index (χ4v) is 4.48. The average molecular weight is 506 g/mol. The lowest BCUT2D eigenvalue weighted by atomic mass is 9.87. The van der Waals surface area contributed by atoms with E-state index in [2.05, 4.69) is 14.7 Å². The van der Waals surface area contributed by atoms with Gasteiger partial charge in [0.2, 0.25) is 5.95 Å². The van der Waals surface area contributed by atoms with E-state index in [1.165, 1.54) is 12.1 Å². The first-order chi connectivity index (χ1) is 16.2. The molecule has 10 heteroatoms. The highest BCUT2D eigenvalue weighted by Gasteiger charge is 2.39. The summed E-state index contributed by atoms with van der Waals surface area (Å²) < 4.78 is 34.8. The Morgan fingerprint density at radius 1 is 0.971 bits per heavy atom. The Morgan fingerprint density at radius 2 is 1.51 bits per heavy atom. The molecule has 2 heterocycles. The van der Waals surface area contributed by atoms with Crippen LogP contribution in [0, 0.1) is 5.82 Å². The molecule has 0 bridgehead atoms. The van der Waals surface area contributed by atoms with Gasteiger partial charge in [0, 0.05) is 55.5 Å². The number of hydrogen-bond acceptors (Lipinski definition) is 7. The van der Waals surface area contributed by atoms with Gasteiger partial charge in [-0.1, -0.05) is 12.1 Å². The molecule has 0 saturated carbocycles. The Labute approximate surface area is 210 Å². The Balaban J connectivity index is 1.78. The number of halogens is 1. The highest BCUT2D eigenvalue weighted by atomic mass is 32.2. The SMILES string of the molecule is CC(C)(C)OC(=O)N1CCN(c2ncc(C(C)(N[S+]([O-])C(C)(C)C)c3ccc(F)cc3)cn2)CC1. The van der Waals surface area contributed by atoms with Crippen LogP contribution < -0.4 is 9.62 Å². The van der Waals surface area contributed by atoms with E-state index in [1.54, 1.807) is 29.4 Å². The van der Waals surface area contributed by atoms with Crippen molar-refractivity contribution in [2.75, 3.05) is 31.1 Å². The van der Waals surface area contributed by atoms with Gasteiger partial charge in [-0.3, -0.25) is 0 Å². The van der Waals surface area contributed by atoms with Crippen LogP contribution in [0.15, 0.2) is 36.7 Å². The maximum Gasteiger partial charge on any atom is 0.410 e. The number of nitrogens with one attached hydrogen (secondary N) is 1. The number of amides is 1. The standard InChI is InChI=1S/C25H36FN5O3S/c1-23(2,3)34-22(32)31-14-12-30(13-15-31)21-27-16-19(17-28-21)25(7,29-35(33)24(4,5)6)18-8-10-20(26)11-9-18/h8-11,16-17,29H,12-15H2,1-7H3. The van der Waals surface area contributed by atoms with Crippen LogP contribution in [-0.2, 0) is 21.6 Å². The van der Waals surface area contributed by atoms with Crippen molar-refractivity contribution in [2.24, 2.45) is 0 Å². The molecule has 0 radical (unpaired) electrons. The Hall–Kier alpha value is -2.43. The number of ether oxygens (including phenoxy) is 1. The van der Waals surface area contributed by atoms with E-state index in [9.17, 15) is 13.7 Å². The van der Waals surface area contributed by atoms with Gasteiger partial charge in [-0.25, -0.2) is 19.2 Å². The van der Waals surface area contributed by atoms with Gasteiger partial charge in [0.1, 0.15) is 21.7 Å². The zero-order chi connectivity index (χ0) is 26.0. The molecular formula is C25H36FN5O3S. The van der Waals surface area contributed by atoms with E-state index in [-0.39, 0.29) is 11.9 Å². The summed E-state index contributed by atoms with van der Waals surface area (Å²) in [5.41, 5.74) is 0.0195. The summed E-state index contributed by atoms with van der Waals surface area (Å²) in [6.07, 6.45) is 3.10. The predicted octanol–water partition coefficient (Wildman–Crippen LogP) is 3.99. The van der Waals surface area contributed by atoms with Gasteiger partial charge in [-0.15, -0.1) is 4.72 Å². The molecule has 192 valence electrons. The average Bonchev–Trinajstić information content (AvgIpc) is 2.78. The summed E-state index contributed by atoms with van der Waals surface area (Å²) in [6.45, 7) is 15.3. The third-order valence-corrected chi connectivity index (χ3v) is 7.41. The molecule has 1 aromatic heterocycles. The van der Waals surface area contributed by atoms with Crippen LogP contribution in [0.2, 0.25) is 0 Å². The van der Waals surface area contributed by atoms with E-state index in [0.717, 1.165) is 5.56 Å². The number of nitrogens with zero attached hydrogens (tertiary/aromatic N) is 4. The van der Waals surface area contributed by atoms with E-state index < -0.39 is 27.2 Å². The minimum absolute atomic E-state index is 0.318. The largest absolute Gasteiger partial charge is 0.598 e. The van der Waals surface area contributed by atoms with Crippen LogP contribution >= 0.6 is 0 Å². The number of anilines is 1. The Morgan fingerprint density at radius 3 is 2.00 bits per heavy atom. The maximum atomic E-state index is 13.6. The van der Waals surface area contributed by atoms with Crippen LogP contribution in [0.1, 0.15) is 59.6 Å². The molecule has 0 aliphatic carbocycles. The monoisotopic (exact) mass is 505 g/mol. The van der Waals surface area contributed by atoms with Crippen molar-refractivity contribution in [1.82, 2.24) is 19.6 Å². The number of piperazine rings is 1. The molecule has 1 N–H and O–H groups in total. The van der Waals surface area contributed by atoms with Crippen molar-refractivity contribution in [3.8, 4) is 0 Å². The van der Waals surface area contributed by atoms with Gasteiger partial charge in [-0.2, -0.15) is 0 Å². The van der Waals surface area contributed by atoms with Gasteiger partial charge in [-0.05, 0) is 66.2 Å². The zero-order valence-electron chi connectivity index (χ0n) is 21.6. The minimum atomic E-state index is -1.40. The molecule has 1 aliphatic heterocycles. The second kappa shape index (κ2) is 10.3. The first kappa shape index (κ1) is 27.2. The molecule has 1 fully saturated rings. The highest BCUT2D eigenvalue weighted by molar-refractivity contribution is 7.90. The van der Waals surface area contributed by atoms with Gasteiger partial charge in [0.25, 0.3) is 0 Å². The first-order valence-corrected chi connectivity index (χ1v) is 12.9. The van der Waals surface area contributed by atoms with E-state index in [0.29, 0.717) is 37.7 Å². The van der Waals surface area contributed by atoms with Crippen molar-refractivity contribution < 1.29 is 18.5 Å². The van der Waals surface area contributed by atoms with Crippen molar-refractivity contribution in [2.45, 2.75) is 64.4 Å². The van der Waals surface area contributed by atoms with Gasteiger partial charge >= 0.3 is 6.09 Å². The van der Waals surface area contributed by atoms with Gasteiger partial charge < -0.3 is 19.1 Å². The maximum absolute atomic E-state index is 13.6. The number of benzene rings is 1. The fourth-order valence-electron chi connectivity index (χ4n) is 3.56. The molecule has 1 aliphatic rings. The van der Waals surface area contributed by atoms with Crippen molar-refractivity contribution in [3.63, 3.8) is 0 Å². The second-order valence-corrected chi connectivity index (χ2v) is 12.8. The lowest BCUT2D eigenvalue weighted by molar-refractivity contribution is 0.0240. The van der Waals surface area contributed by atoms with Crippen LogP contribution in [0.3, 0.4) is 0 Å². The molecular weight excluding hydrogens is 469 g/mol. The molecule has 3 rings (SSSR count). The molecule has 1 aromatic carbocycles. The first-order valence-electron chi connectivity index (χ1n) is 11.7. The lowest BCUT2D eigenvalue weighted by Crippen LogP contribution is -2.51. The third kappa shape index (κ3) is 6.83. The van der Waals surface area contributed by atoms with Gasteiger partial charge in [0.15, 0.2) is 0 Å². The smallest absolute Gasteiger partial charge is 0.410 e. The van der Waals surface area contributed by atoms with Gasteiger partial charge in [0.05, 0.1) is 0 Å². The summed E-state index contributed by atoms with van der Waals surface area (Å²) in [4.78, 5) is 25.2. The normalized spacial score (nSPS) is 17.6. The zero-order valence-corrected chi connectivity index (χ0v) is 22.4. The number of hydrogen-bond donors (Lipinski definition) is 1. The number of carbonyl (C=O) groups is 1. The summed E-state index contributed by atoms with van der Waals surface area (Å²) in [7, 11) is 0. The topological polar surface area (TPSA) is 93.7 Å². The summed E-state index contributed by atoms with van der Waals surface area (Å²) in [5.74, 6) is 0.209. The van der Waals surface area contributed by atoms with Crippen LogP contribution in [-0.4, -0.2) is 62.0 Å². The Kier molecular flexibility index (Phi) is 7.98. The number of aromatic nitrogens is 2. The molecule has 2 atom stereocenters. The molecule has 2 aromatic rings. The quantitative estimate of drug-likeness (QED) is 0.614. The minimum Gasteiger partial charge on any atom is -0.598 e. The Bertz CT molecular complexity index is 1000. The molecule has 0 spiro atoms. The molecule has 8 nitrogen and oxygen atoms in total. The van der Waals surface area contributed by atoms with Crippen molar-refractivity contribution in [3.05, 3.63) is 53.6 Å². The predicted molar refractivity (Wildman–Crippen MR) is 136 cm³/mol. The second-order valence-electron chi connectivity index (χ2n) is 10.8. The number of carbonyl (C=O) groups excluding carboxylic acids is 1.